The molecule has 0 radical (unpaired) electrons. The third kappa shape index (κ3) is 2.45. The van der Waals surface area contributed by atoms with Crippen molar-refractivity contribution >= 4 is 22.9 Å². The van der Waals surface area contributed by atoms with Gasteiger partial charge in [0.15, 0.2) is 5.65 Å². The molecule has 2 rings (SSSR count). The van der Waals surface area contributed by atoms with Crippen molar-refractivity contribution in [3.63, 3.8) is 0 Å². The van der Waals surface area contributed by atoms with Crippen LogP contribution >= 0.6 is 11.8 Å². The van der Waals surface area contributed by atoms with Crippen molar-refractivity contribution in [1.29, 1.82) is 0 Å². The minimum Gasteiger partial charge on any atom is -0.321 e. The Bertz CT molecular complexity index is 494. The van der Waals surface area contributed by atoms with E-state index < -0.39 is 0 Å². The first kappa shape index (κ1) is 12.4. The first-order valence-electron chi connectivity index (χ1n) is 5.83. The van der Waals surface area contributed by atoms with E-state index in [0.717, 1.165) is 35.7 Å². The average Bonchev–Trinajstić information content (AvgIpc) is 2.74. The standard InChI is InChI=1S/C12H18N4S/c1-3-16-11(9(13)6-8-17-2)15-10-5-4-7-14-12(10)16/h4-5,7,9H,3,6,8,13H2,1-2H3/t9-/m0/s1. The topological polar surface area (TPSA) is 56.7 Å². The second-order valence-corrected chi connectivity index (χ2v) is 4.93. The summed E-state index contributed by atoms with van der Waals surface area (Å²) in [6.45, 7) is 2.95. The fraction of sp³-hybridized carbons (Fsp3) is 0.500. The number of pyridine rings is 1. The number of hydrogen-bond donors (Lipinski definition) is 1. The van der Waals surface area contributed by atoms with Crippen LogP contribution < -0.4 is 5.73 Å². The zero-order chi connectivity index (χ0) is 12.3. The molecule has 0 unspecified atom stereocenters. The lowest BCUT2D eigenvalue weighted by atomic mass is 10.2. The van der Waals surface area contributed by atoms with E-state index >= 15 is 0 Å². The Labute approximate surface area is 106 Å². The maximum absolute atomic E-state index is 6.20. The molecule has 0 aliphatic rings. The number of aryl methyl sites for hydroxylation is 1. The van der Waals surface area contributed by atoms with Gasteiger partial charge < -0.3 is 10.3 Å². The quantitative estimate of drug-likeness (QED) is 0.884. The SMILES string of the molecule is CCn1c([C@@H](N)CCSC)nc2cccnc21. The number of hydrogen-bond acceptors (Lipinski definition) is 4. The van der Waals surface area contributed by atoms with Gasteiger partial charge in [-0.25, -0.2) is 9.97 Å². The van der Waals surface area contributed by atoms with E-state index in [1.165, 1.54) is 0 Å². The minimum absolute atomic E-state index is 0.00315. The maximum atomic E-state index is 6.20. The number of rotatable bonds is 5. The predicted octanol–water partition coefficient (Wildman–Crippen LogP) is 2.20. The molecule has 0 amide bonds. The van der Waals surface area contributed by atoms with Crippen LogP contribution in [0.1, 0.15) is 25.2 Å². The third-order valence-corrected chi connectivity index (χ3v) is 3.46. The first-order valence-corrected chi connectivity index (χ1v) is 7.23. The van der Waals surface area contributed by atoms with Crippen molar-refractivity contribution in [3.8, 4) is 0 Å². The predicted molar refractivity (Wildman–Crippen MR) is 73.1 cm³/mol. The summed E-state index contributed by atoms with van der Waals surface area (Å²) >= 11 is 1.81. The second-order valence-electron chi connectivity index (χ2n) is 3.95. The Hall–Kier alpha value is -1.07. The van der Waals surface area contributed by atoms with Crippen molar-refractivity contribution in [2.45, 2.75) is 25.9 Å². The van der Waals surface area contributed by atoms with Crippen LogP contribution in [0.3, 0.4) is 0 Å². The van der Waals surface area contributed by atoms with Crippen molar-refractivity contribution in [2.24, 2.45) is 5.73 Å². The molecule has 0 aliphatic heterocycles. The van der Waals surface area contributed by atoms with Crippen LogP contribution in [0.5, 0.6) is 0 Å². The van der Waals surface area contributed by atoms with E-state index in [1.54, 1.807) is 6.20 Å². The van der Waals surface area contributed by atoms with Crippen molar-refractivity contribution < 1.29 is 0 Å². The molecular weight excluding hydrogens is 232 g/mol. The lowest BCUT2D eigenvalue weighted by Crippen LogP contribution is -2.17. The van der Waals surface area contributed by atoms with Gasteiger partial charge in [0.1, 0.15) is 11.3 Å². The highest BCUT2D eigenvalue weighted by Gasteiger charge is 2.16. The van der Waals surface area contributed by atoms with Crippen LogP contribution in [0.15, 0.2) is 18.3 Å². The van der Waals surface area contributed by atoms with Gasteiger partial charge in [0.2, 0.25) is 0 Å². The normalized spacial score (nSPS) is 13.1. The molecule has 2 aromatic rings. The van der Waals surface area contributed by atoms with E-state index in [4.69, 9.17) is 5.73 Å². The van der Waals surface area contributed by atoms with Gasteiger partial charge in [-0.1, -0.05) is 0 Å². The Morgan fingerprint density at radius 3 is 3.06 bits per heavy atom. The molecule has 0 saturated carbocycles. The molecule has 0 aliphatic carbocycles. The van der Waals surface area contributed by atoms with Crippen LogP contribution in [-0.4, -0.2) is 26.5 Å². The van der Waals surface area contributed by atoms with Gasteiger partial charge in [0.05, 0.1) is 6.04 Å². The number of nitrogens with two attached hydrogens (primary N) is 1. The second kappa shape index (κ2) is 5.51. The molecule has 4 nitrogen and oxygen atoms in total. The number of aromatic nitrogens is 3. The van der Waals surface area contributed by atoms with Gasteiger partial charge in [-0.15, -0.1) is 0 Å². The summed E-state index contributed by atoms with van der Waals surface area (Å²) < 4.78 is 2.11. The molecule has 0 bridgehead atoms. The van der Waals surface area contributed by atoms with Crippen molar-refractivity contribution in [2.75, 3.05) is 12.0 Å². The maximum Gasteiger partial charge on any atom is 0.160 e. The average molecular weight is 250 g/mol. The monoisotopic (exact) mass is 250 g/mol. The fourth-order valence-corrected chi connectivity index (χ4v) is 2.43. The molecule has 2 heterocycles. The molecule has 1 atom stereocenters. The fourth-order valence-electron chi connectivity index (χ4n) is 1.94. The largest absolute Gasteiger partial charge is 0.321 e. The van der Waals surface area contributed by atoms with Gasteiger partial charge in [-0.05, 0) is 37.5 Å². The summed E-state index contributed by atoms with van der Waals surface area (Å²) in [4.78, 5) is 8.98. The van der Waals surface area contributed by atoms with Gasteiger partial charge in [0.25, 0.3) is 0 Å². The summed E-state index contributed by atoms with van der Waals surface area (Å²) in [7, 11) is 0. The van der Waals surface area contributed by atoms with Crippen LogP contribution in [0.4, 0.5) is 0 Å². The highest BCUT2D eigenvalue weighted by molar-refractivity contribution is 7.98. The molecule has 92 valence electrons. The molecular formula is C12H18N4S. The number of nitrogens with zero attached hydrogens (tertiary/aromatic N) is 3. The van der Waals surface area contributed by atoms with Gasteiger partial charge in [-0.3, -0.25) is 0 Å². The molecule has 0 spiro atoms. The Kier molecular flexibility index (Phi) is 4.02. The summed E-state index contributed by atoms with van der Waals surface area (Å²) in [6.07, 6.45) is 4.84. The van der Waals surface area contributed by atoms with Gasteiger partial charge in [-0.2, -0.15) is 11.8 Å². The molecule has 2 N–H and O–H groups in total. The highest BCUT2D eigenvalue weighted by Crippen LogP contribution is 2.20. The third-order valence-electron chi connectivity index (χ3n) is 2.81. The van der Waals surface area contributed by atoms with Gasteiger partial charge >= 0.3 is 0 Å². The van der Waals surface area contributed by atoms with Gasteiger partial charge in [0, 0.05) is 12.7 Å². The summed E-state index contributed by atoms with van der Waals surface area (Å²) in [5.41, 5.74) is 8.07. The Balaban J connectivity index is 2.38. The number of imidazole rings is 1. The van der Waals surface area contributed by atoms with Crippen LogP contribution in [0.2, 0.25) is 0 Å². The zero-order valence-electron chi connectivity index (χ0n) is 10.3. The van der Waals surface area contributed by atoms with Crippen LogP contribution in [0, 0.1) is 0 Å². The van der Waals surface area contributed by atoms with E-state index in [0.29, 0.717) is 0 Å². The summed E-state index contributed by atoms with van der Waals surface area (Å²) in [6, 6.07) is 3.89. The summed E-state index contributed by atoms with van der Waals surface area (Å²) in [5, 5.41) is 0. The van der Waals surface area contributed by atoms with Crippen LogP contribution in [-0.2, 0) is 6.54 Å². The molecule has 2 aromatic heterocycles. The molecule has 0 fully saturated rings. The molecule has 17 heavy (non-hydrogen) atoms. The first-order chi connectivity index (χ1) is 8.27. The molecule has 0 saturated heterocycles. The highest BCUT2D eigenvalue weighted by atomic mass is 32.2. The lowest BCUT2D eigenvalue weighted by molar-refractivity contribution is 0.599. The molecule has 5 heteroatoms. The van der Waals surface area contributed by atoms with E-state index in [-0.39, 0.29) is 6.04 Å². The van der Waals surface area contributed by atoms with Crippen LogP contribution in [0.25, 0.3) is 11.2 Å². The van der Waals surface area contributed by atoms with E-state index in [2.05, 4.69) is 27.7 Å². The van der Waals surface area contributed by atoms with Crippen molar-refractivity contribution in [3.05, 3.63) is 24.2 Å². The molecule has 0 aromatic carbocycles. The number of fused-ring (bicyclic) bond motifs is 1. The smallest absolute Gasteiger partial charge is 0.160 e. The van der Waals surface area contributed by atoms with Crippen molar-refractivity contribution in [1.82, 2.24) is 14.5 Å². The van der Waals surface area contributed by atoms with E-state index in [1.807, 2.05) is 23.9 Å². The van der Waals surface area contributed by atoms with E-state index in [9.17, 15) is 0 Å². The minimum atomic E-state index is -0.00315. The Morgan fingerprint density at radius 1 is 1.53 bits per heavy atom. The number of thioether (sulfide) groups is 1. The lowest BCUT2D eigenvalue weighted by Gasteiger charge is -2.12. The Morgan fingerprint density at radius 2 is 2.35 bits per heavy atom. The zero-order valence-corrected chi connectivity index (χ0v) is 11.1. The summed E-state index contributed by atoms with van der Waals surface area (Å²) in [5.74, 6) is 2.01.